The first-order chi connectivity index (χ1) is 10.5. The quantitative estimate of drug-likeness (QED) is 0.816. The highest BCUT2D eigenvalue weighted by atomic mass is 35.5. The average Bonchev–Trinajstić information content (AvgIpc) is 2.42. The number of amides is 1. The lowest BCUT2D eigenvalue weighted by Crippen LogP contribution is -2.40. The summed E-state index contributed by atoms with van der Waals surface area (Å²) in [6.07, 6.45) is 1.62. The first-order valence-electron chi connectivity index (χ1n) is 7.64. The van der Waals surface area contributed by atoms with Crippen LogP contribution in [-0.4, -0.2) is 25.9 Å². The molecule has 2 N–H and O–H groups in total. The van der Waals surface area contributed by atoms with Crippen molar-refractivity contribution in [3.05, 3.63) is 28.8 Å². The Morgan fingerprint density at radius 1 is 1.22 bits per heavy atom. The van der Waals surface area contributed by atoms with Gasteiger partial charge in [-0.25, -0.2) is 13.1 Å². The second kappa shape index (κ2) is 7.64. The molecule has 0 heterocycles. The van der Waals surface area contributed by atoms with Crippen LogP contribution in [0.25, 0.3) is 0 Å². The lowest BCUT2D eigenvalue weighted by Gasteiger charge is -2.21. The molecule has 0 aliphatic carbocycles. The fourth-order valence-electron chi connectivity index (χ4n) is 2.07. The highest BCUT2D eigenvalue weighted by Crippen LogP contribution is 2.24. The van der Waals surface area contributed by atoms with Crippen molar-refractivity contribution in [3.63, 3.8) is 0 Å². The largest absolute Gasteiger partial charge is 0.349 e. The van der Waals surface area contributed by atoms with Gasteiger partial charge in [-0.15, -0.1) is 0 Å². The molecule has 0 aromatic heterocycles. The van der Waals surface area contributed by atoms with Crippen molar-refractivity contribution in [1.29, 1.82) is 0 Å². The number of carbonyl (C=O) groups is 1. The third-order valence-corrected chi connectivity index (χ3v) is 5.48. The Labute approximate surface area is 143 Å². The van der Waals surface area contributed by atoms with Crippen molar-refractivity contribution >= 4 is 27.5 Å². The van der Waals surface area contributed by atoms with Crippen molar-refractivity contribution < 1.29 is 13.2 Å². The smallest absolute Gasteiger partial charge is 0.251 e. The fourth-order valence-corrected chi connectivity index (χ4v) is 4.02. The molecule has 0 saturated carbocycles. The zero-order chi connectivity index (χ0) is 17.8. The third-order valence-electron chi connectivity index (χ3n) is 3.24. The number of carbonyl (C=O) groups excluding carboxylic acids is 1. The summed E-state index contributed by atoms with van der Waals surface area (Å²) in [7, 11) is -3.81. The Bertz CT molecular complexity index is 662. The molecule has 130 valence electrons. The van der Waals surface area contributed by atoms with E-state index in [9.17, 15) is 13.2 Å². The van der Waals surface area contributed by atoms with Crippen LogP contribution in [0.15, 0.2) is 23.1 Å². The molecule has 0 bridgehead atoms. The predicted molar refractivity (Wildman–Crippen MR) is 93.4 cm³/mol. The number of halogens is 1. The van der Waals surface area contributed by atoms with Crippen LogP contribution < -0.4 is 10.0 Å². The van der Waals surface area contributed by atoms with E-state index in [2.05, 4.69) is 10.0 Å². The van der Waals surface area contributed by atoms with Gasteiger partial charge in [0.15, 0.2) is 0 Å². The minimum atomic E-state index is -3.81. The molecule has 7 heteroatoms. The van der Waals surface area contributed by atoms with E-state index in [-0.39, 0.29) is 27.4 Å². The van der Waals surface area contributed by atoms with Crippen LogP contribution in [0.5, 0.6) is 0 Å². The second-order valence-corrected chi connectivity index (χ2v) is 8.55. The SMILES string of the molecule is CCC(CC)NC(=O)c1ccc(Cl)c(S(=O)(=O)NC(C)(C)C)c1. The molecule has 0 spiro atoms. The maximum Gasteiger partial charge on any atom is 0.251 e. The first kappa shape index (κ1) is 19.9. The van der Waals surface area contributed by atoms with Crippen molar-refractivity contribution in [2.24, 2.45) is 0 Å². The van der Waals surface area contributed by atoms with E-state index in [0.29, 0.717) is 0 Å². The van der Waals surface area contributed by atoms with Gasteiger partial charge in [0.1, 0.15) is 4.90 Å². The summed E-state index contributed by atoms with van der Waals surface area (Å²) < 4.78 is 27.4. The molecule has 0 aliphatic rings. The zero-order valence-corrected chi connectivity index (χ0v) is 15.8. The van der Waals surface area contributed by atoms with Crippen LogP contribution >= 0.6 is 11.6 Å². The summed E-state index contributed by atoms with van der Waals surface area (Å²) in [5.41, 5.74) is -0.369. The molecule has 1 aromatic carbocycles. The van der Waals surface area contributed by atoms with E-state index in [1.807, 2.05) is 13.8 Å². The highest BCUT2D eigenvalue weighted by Gasteiger charge is 2.25. The molecular formula is C16H25ClN2O3S. The Morgan fingerprint density at radius 3 is 2.26 bits per heavy atom. The van der Waals surface area contributed by atoms with Gasteiger partial charge < -0.3 is 5.32 Å². The fraction of sp³-hybridized carbons (Fsp3) is 0.562. The lowest BCUT2D eigenvalue weighted by molar-refractivity contribution is 0.0934. The van der Waals surface area contributed by atoms with Gasteiger partial charge in [0, 0.05) is 17.1 Å². The van der Waals surface area contributed by atoms with E-state index in [0.717, 1.165) is 12.8 Å². The molecule has 0 unspecified atom stereocenters. The molecule has 1 amide bonds. The molecule has 0 saturated heterocycles. The van der Waals surface area contributed by atoms with Gasteiger partial charge in [0.2, 0.25) is 10.0 Å². The average molecular weight is 361 g/mol. The Kier molecular flexibility index (Phi) is 6.62. The van der Waals surface area contributed by atoms with E-state index in [1.54, 1.807) is 20.8 Å². The van der Waals surface area contributed by atoms with Gasteiger partial charge in [-0.2, -0.15) is 0 Å². The Morgan fingerprint density at radius 2 is 1.78 bits per heavy atom. The molecule has 1 aromatic rings. The van der Waals surface area contributed by atoms with Gasteiger partial charge >= 0.3 is 0 Å². The summed E-state index contributed by atoms with van der Waals surface area (Å²) in [4.78, 5) is 12.2. The molecular weight excluding hydrogens is 336 g/mol. The molecule has 0 aliphatic heterocycles. The van der Waals surface area contributed by atoms with Crippen molar-refractivity contribution in [2.75, 3.05) is 0 Å². The minimum absolute atomic E-state index is 0.0611. The molecule has 0 fully saturated rings. The molecule has 0 radical (unpaired) electrons. The predicted octanol–water partition coefficient (Wildman–Crippen LogP) is 3.34. The lowest BCUT2D eigenvalue weighted by atomic mass is 10.1. The topological polar surface area (TPSA) is 75.3 Å². The summed E-state index contributed by atoms with van der Waals surface area (Å²) in [6, 6.07) is 4.33. The van der Waals surface area contributed by atoms with Crippen molar-refractivity contribution in [3.8, 4) is 0 Å². The Balaban J connectivity index is 3.16. The van der Waals surface area contributed by atoms with Crippen LogP contribution in [0, 0.1) is 0 Å². The number of hydrogen-bond acceptors (Lipinski definition) is 3. The van der Waals surface area contributed by atoms with E-state index < -0.39 is 15.6 Å². The van der Waals surface area contributed by atoms with E-state index in [4.69, 9.17) is 11.6 Å². The maximum atomic E-state index is 12.5. The van der Waals surface area contributed by atoms with E-state index >= 15 is 0 Å². The number of nitrogens with one attached hydrogen (secondary N) is 2. The van der Waals surface area contributed by atoms with Gasteiger partial charge in [0.25, 0.3) is 5.91 Å². The van der Waals surface area contributed by atoms with Gasteiger partial charge in [-0.3, -0.25) is 4.79 Å². The zero-order valence-electron chi connectivity index (χ0n) is 14.2. The van der Waals surface area contributed by atoms with Gasteiger partial charge in [-0.1, -0.05) is 25.4 Å². The number of benzene rings is 1. The molecule has 5 nitrogen and oxygen atoms in total. The maximum absolute atomic E-state index is 12.5. The van der Waals surface area contributed by atoms with Crippen LogP contribution in [0.2, 0.25) is 5.02 Å². The van der Waals surface area contributed by atoms with Crippen LogP contribution in [-0.2, 0) is 10.0 Å². The standard InChI is InChI=1S/C16H25ClN2O3S/c1-6-12(7-2)18-15(20)11-8-9-13(17)14(10-11)23(21,22)19-16(3,4)5/h8-10,12,19H,6-7H2,1-5H3,(H,18,20). The normalized spacial score (nSPS) is 12.5. The van der Waals surface area contributed by atoms with Crippen LogP contribution in [0.4, 0.5) is 0 Å². The van der Waals surface area contributed by atoms with Crippen LogP contribution in [0.1, 0.15) is 57.8 Å². The monoisotopic (exact) mass is 360 g/mol. The second-order valence-electron chi connectivity index (χ2n) is 6.49. The number of rotatable bonds is 6. The summed E-state index contributed by atoms with van der Waals surface area (Å²) >= 11 is 6.02. The first-order valence-corrected chi connectivity index (χ1v) is 9.50. The molecule has 23 heavy (non-hydrogen) atoms. The highest BCUT2D eigenvalue weighted by molar-refractivity contribution is 7.89. The van der Waals surface area contributed by atoms with Crippen LogP contribution in [0.3, 0.4) is 0 Å². The van der Waals surface area contributed by atoms with Gasteiger partial charge in [-0.05, 0) is 51.8 Å². The number of hydrogen-bond donors (Lipinski definition) is 2. The summed E-state index contributed by atoms with van der Waals surface area (Å²) in [5.74, 6) is -0.303. The third kappa shape index (κ3) is 5.79. The summed E-state index contributed by atoms with van der Waals surface area (Å²) in [5, 5.41) is 2.97. The molecule has 0 atom stereocenters. The Hall–Kier alpha value is -1.11. The van der Waals surface area contributed by atoms with Crippen molar-refractivity contribution in [1.82, 2.24) is 10.0 Å². The van der Waals surface area contributed by atoms with Gasteiger partial charge in [0.05, 0.1) is 5.02 Å². The minimum Gasteiger partial charge on any atom is -0.349 e. The number of sulfonamides is 1. The molecule has 1 rings (SSSR count). The van der Waals surface area contributed by atoms with E-state index in [1.165, 1.54) is 18.2 Å². The summed E-state index contributed by atoms with van der Waals surface area (Å²) in [6.45, 7) is 9.19. The van der Waals surface area contributed by atoms with Crippen molar-refractivity contribution in [2.45, 2.75) is 63.9 Å².